The van der Waals surface area contributed by atoms with Crippen LogP contribution in [0.3, 0.4) is 0 Å². The number of hydrogen-bond acceptors (Lipinski definition) is 6. The Bertz CT molecular complexity index is 774. The van der Waals surface area contributed by atoms with Crippen molar-refractivity contribution in [2.75, 3.05) is 13.2 Å². The van der Waals surface area contributed by atoms with Crippen LogP contribution >= 0.6 is 0 Å². The number of rotatable bonds is 20. The molecule has 280 valence electrons. The number of aliphatic hydroxyl groups is 4. The Morgan fingerprint density at radius 2 is 0.617 bits per heavy atom. The van der Waals surface area contributed by atoms with Gasteiger partial charge in [-0.15, -0.1) is 0 Å². The molecule has 4 N–H and O–H groups in total. The molecule has 0 aromatic heterocycles. The molecule has 4 unspecified atom stereocenters. The van der Waals surface area contributed by atoms with E-state index in [-0.39, 0.29) is 46.7 Å². The molecule has 0 aromatic rings. The second-order valence-corrected chi connectivity index (χ2v) is 17.8. The second-order valence-electron chi connectivity index (χ2n) is 17.8. The van der Waals surface area contributed by atoms with Crippen molar-refractivity contribution in [1.82, 2.24) is 0 Å². The van der Waals surface area contributed by atoms with E-state index in [1.807, 2.05) is 0 Å². The highest BCUT2D eigenvalue weighted by molar-refractivity contribution is 4.99. The maximum absolute atomic E-state index is 11.5. The minimum absolute atomic E-state index is 0.0227. The van der Waals surface area contributed by atoms with Gasteiger partial charge >= 0.3 is 0 Å². The first-order valence-electron chi connectivity index (χ1n) is 19.9. The lowest BCUT2D eigenvalue weighted by atomic mass is 9.64. The van der Waals surface area contributed by atoms with Crippen molar-refractivity contribution < 1.29 is 29.9 Å². The standard InChI is InChI=1S/C41H80O6/c1-13-38(42,14-2)30-21-31(39(43,15-3)16-4)24-34(23-30)46-28-36(9,10)27-37(11,12)29-47-35-25-32(40(44,17-5)18-6)22-33(26-35)41(45,19-7)20-8/h30-35,42-45H,13-29H2,1-12H3. The molecule has 0 spiro atoms. The SMILES string of the molecule is CCC(O)(CC)C1CC(OCC(C)(C)CC(C)(C)COC2CC(C(O)(CC)CC)CC(C(O)(CC)CC)C2)CC(C(O)(CC)CC)C1. The van der Waals surface area contributed by atoms with Crippen LogP contribution in [0.4, 0.5) is 0 Å². The normalized spacial score (nSPS) is 27.3. The third-order valence-electron chi connectivity index (χ3n) is 13.6. The van der Waals surface area contributed by atoms with Gasteiger partial charge in [-0.3, -0.25) is 0 Å². The molecule has 0 aliphatic heterocycles. The van der Waals surface area contributed by atoms with Crippen molar-refractivity contribution >= 4 is 0 Å². The molecule has 2 aliphatic carbocycles. The number of ether oxygens (including phenoxy) is 2. The first kappa shape index (κ1) is 42.9. The van der Waals surface area contributed by atoms with Crippen molar-refractivity contribution in [2.45, 2.75) is 214 Å². The topological polar surface area (TPSA) is 99.4 Å². The van der Waals surface area contributed by atoms with Gasteiger partial charge in [0.25, 0.3) is 0 Å². The molecule has 2 rings (SSSR count). The monoisotopic (exact) mass is 669 g/mol. The van der Waals surface area contributed by atoms with Crippen molar-refractivity contribution in [1.29, 1.82) is 0 Å². The molecule has 0 heterocycles. The van der Waals surface area contributed by atoms with E-state index in [2.05, 4.69) is 83.1 Å². The summed E-state index contributed by atoms with van der Waals surface area (Å²) in [6.07, 6.45) is 11.8. The first-order chi connectivity index (χ1) is 21.8. The molecule has 2 saturated carbocycles. The summed E-state index contributed by atoms with van der Waals surface area (Å²) in [4.78, 5) is 0. The Hall–Kier alpha value is -0.240. The smallest absolute Gasteiger partial charge is 0.0671 e. The zero-order chi connectivity index (χ0) is 35.9. The van der Waals surface area contributed by atoms with Crippen LogP contribution in [-0.4, -0.2) is 68.3 Å². The molecule has 2 fully saturated rings. The van der Waals surface area contributed by atoms with Crippen LogP contribution in [-0.2, 0) is 9.47 Å². The third-order valence-corrected chi connectivity index (χ3v) is 13.6. The van der Waals surface area contributed by atoms with E-state index in [0.29, 0.717) is 13.2 Å². The zero-order valence-corrected chi connectivity index (χ0v) is 33.1. The quantitative estimate of drug-likeness (QED) is 0.103. The predicted octanol–water partition coefficient (Wildman–Crippen LogP) is 9.24. The Morgan fingerprint density at radius 3 is 0.809 bits per heavy atom. The van der Waals surface area contributed by atoms with Gasteiger partial charge < -0.3 is 29.9 Å². The summed E-state index contributed by atoms with van der Waals surface area (Å²) in [6.45, 7) is 27.0. The Balaban J connectivity index is 2.12. The van der Waals surface area contributed by atoms with Gasteiger partial charge in [-0.05, 0) is 131 Å². The maximum Gasteiger partial charge on any atom is 0.0671 e. The van der Waals surface area contributed by atoms with Crippen molar-refractivity contribution in [3.05, 3.63) is 0 Å². The Labute approximate surface area is 291 Å². The van der Waals surface area contributed by atoms with E-state index >= 15 is 0 Å². The van der Waals surface area contributed by atoms with Gasteiger partial charge in [0, 0.05) is 0 Å². The molecule has 4 atom stereocenters. The van der Waals surface area contributed by atoms with E-state index in [9.17, 15) is 20.4 Å². The third kappa shape index (κ3) is 10.9. The van der Waals surface area contributed by atoms with Crippen molar-refractivity contribution in [3.63, 3.8) is 0 Å². The van der Waals surface area contributed by atoms with Crippen molar-refractivity contribution in [2.24, 2.45) is 34.5 Å². The lowest BCUT2D eigenvalue weighted by Gasteiger charge is -2.48. The molecule has 0 amide bonds. The van der Waals surface area contributed by atoms with Gasteiger partial charge in [-0.1, -0.05) is 83.1 Å². The van der Waals surface area contributed by atoms with Crippen LogP contribution in [0.15, 0.2) is 0 Å². The molecule has 0 bridgehead atoms. The lowest BCUT2D eigenvalue weighted by molar-refractivity contribution is -0.141. The number of hydrogen-bond donors (Lipinski definition) is 4. The average molecular weight is 669 g/mol. The van der Waals surface area contributed by atoms with Gasteiger partial charge in [0.15, 0.2) is 0 Å². The minimum Gasteiger partial charge on any atom is -0.390 e. The first-order valence-corrected chi connectivity index (χ1v) is 19.9. The van der Waals surface area contributed by atoms with E-state index in [4.69, 9.17) is 9.47 Å². The van der Waals surface area contributed by atoms with Gasteiger partial charge in [-0.25, -0.2) is 0 Å². The Kier molecular flexibility index (Phi) is 15.8. The molecular weight excluding hydrogens is 588 g/mol. The van der Waals surface area contributed by atoms with Crippen LogP contribution < -0.4 is 0 Å². The minimum atomic E-state index is -0.720. The largest absolute Gasteiger partial charge is 0.390 e. The van der Waals surface area contributed by atoms with Gasteiger partial charge in [0.05, 0.1) is 47.8 Å². The highest BCUT2D eigenvalue weighted by atomic mass is 16.5. The fourth-order valence-corrected chi connectivity index (χ4v) is 9.95. The maximum atomic E-state index is 11.5. The molecule has 0 aromatic carbocycles. The van der Waals surface area contributed by atoms with Gasteiger partial charge in [0.1, 0.15) is 0 Å². The summed E-state index contributed by atoms with van der Waals surface area (Å²) in [5, 5.41) is 46.2. The van der Waals surface area contributed by atoms with Crippen LogP contribution in [0.1, 0.15) is 179 Å². The summed E-state index contributed by atoms with van der Waals surface area (Å²) < 4.78 is 13.5. The lowest BCUT2D eigenvalue weighted by Crippen LogP contribution is -2.49. The van der Waals surface area contributed by atoms with Crippen LogP contribution in [0.5, 0.6) is 0 Å². The van der Waals surface area contributed by atoms with Gasteiger partial charge in [-0.2, -0.15) is 0 Å². The summed E-state index contributed by atoms with van der Waals surface area (Å²) in [7, 11) is 0. The van der Waals surface area contributed by atoms with E-state index in [1.165, 1.54) is 0 Å². The summed E-state index contributed by atoms with van der Waals surface area (Å²) in [5.74, 6) is 0.493. The van der Waals surface area contributed by atoms with E-state index in [1.54, 1.807) is 0 Å². The Morgan fingerprint density at radius 1 is 0.404 bits per heavy atom. The van der Waals surface area contributed by atoms with E-state index < -0.39 is 22.4 Å². The molecule has 0 radical (unpaired) electrons. The summed E-state index contributed by atoms with van der Waals surface area (Å²) in [5.41, 5.74) is -3.05. The van der Waals surface area contributed by atoms with Crippen LogP contribution in [0, 0.1) is 34.5 Å². The average Bonchev–Trinajstić information content (AvgIpc) is 3.07. The molecule has 0 saturated heterocycles. The molecule has 2 aliphatic rings. The molecular formula is C41H80O6. The zero-order valence-electron chi connectivity index (χ0n) is 33.1. The molecule has 6 nitrogen and oxygen atoms in total. The highest BCUT2D eigenvalue weighted by Crippen LogP contribution is 2.48. The molecule has 6 heteroatoms. The predicted molar refractivity (Wildman–Crippen MR) is 195 cm³/mol. The summed E-state index contributed by atoms with van der Waals surface area (Å²) >= 11 is 0. The molecule has 47 heavy (non-hydrogen) atoms. The fraction of sp³-hybridized carbons (Fsp3) is 1.00. The van der Waals surface area contributed by atoms with E-state index in [0.717, 1.165) is 96.3 Å². The van der Waals surface area contributed by atoms with Gasteiger partial charge in [0.2, 0.25) is 0 Å². The van der Waals surface area contributed by atoms with Crippen molar-refractivity contribution in [3.8, 4) is 0 Å². The van der Waals surface area contributed by atoms with Crippen LogP contribution in [0.25, 0.3) is 0 Å². The summed E-state index contributed by atoms with van der Waals surface area (Å²) in [6, 6.07) is 0. The second kappa shape index (κ2) is 17.3. The highest BCUT2D eigenvalue weighted by Gasteiger charge is 2.48. The van der Waals surface area contributed by atoms with Crippen LogP contribution in [0.2, 0.25) is 0 Å². The fourth-order valence-electron chi connectivity index (χ4n) is 9.95.